The molecule has 21 heavy (non-hydrogen) atoms. The number of nitrogens with zero attached hydrogens (tertiary/aromatic N) is 1. The second-order valence-electron chi connectivity index (χ2n) is 5.15. The Hall–Kier alpha value is -0.340. The second kappa shape index (κ2) is 10.4. The zero-order valence-corrected chi connectivity index (χ0v) is 16.0. The number of thiophene rings is 1. The lowest BCUT2D eigenvalue weighted by Crippen LogP contribution is -2.39. The third-order valence-corrected chi connectivity index (χ3v) is 4.11. The zero-order chi connectivity index (χ0) is 14.2. The maximum Gasteiger partial charge on any atom is 0.191 e. The van der Waals surface area contributed by atoms with E-state index in [1.165, 1.54) is 22.6 Å². The Morgan fingerprint density at radius 2 is 2.19 bits per heavy atom. The van der Waals surface area contributed by atoms with Gasteiger partial charge in [-0.05, 0) is 44.7 Å². The lowest BCUT2D eigenvalue weighted by molar-refractivity contribution is 0.129. The minimum absolute atomic E-state index is 0. The Labute approximate surface area is 148 Å². The van der Waals surface area contributed by atoms with Crippen LogP contribution in [-0.2, 0) is 11.3 Å². The van der Waals surface area contributed by atoms with Crippen molar-refractivity contribution in [2.75, 3.05) is 26.3 Å². The number of hydrogen-bond acceptors (Lipinski definition) is 3. The molecule has 1 aliphatic carbocycles. The highest BCUT2D eigenvalue weighted by molar-refractivity contribution is 14.0. The molecule has 0 bridgehead atoms. The summed E-state index contributed by atoms with van der Waals surface area (Å²) in [6.07, 6.45) is 2.69. The van der Waals surface area contributed by atoms with E-state index in [4.69, 9.17) is 4.74 Å². The number of guanidine groups is 1. The van der Waals surface area contributed by atoms with E-state index in [1.807, 2.05) is 0 Å². The summed E-state index contributed by atoms with van der Waals surface area (Å²) >= 11 is 1.80. The van der Waals surface area contributed by atoms with E-state index < -0.39 is 0 Å². The van der Waals surface area contributed by atoms with Crippen molar-refractivity contribution in [3.05, 3.63) is 21.9 Å². The molecule has 6 heteroatoms. The van der Waals surface area contributed by atoms with Gasteiger partial charge >= 0.3 is 0 Å². The molecule has 2 rings (SSSR count). The van der Waals surface area contributed by atoms with Crippen LogP contribution >= 0.6 is 35.3 Å². The molecule has 0 radical (unpaired) electrons. The van der Waals surface area contributed by atoms with Crippen molar-refractivity contribution in [1.82, 2.24) is 10.6 Å². The van der Waals surface area contributed by atoms with Gasteiger partial charge in [0, 0.05) is 29.5 Å². The van der Waals surface area contributed by atoms with Crippen LogP contribution in [0.15, 0.2) is 17.1 Å². The molecule has 1 aliphatic rings. The standard InChI is InChI=1S/C15H25N3OS.HI/c1-3-16-15(17-8-9-19-11-13-5-6-13)18-10-14-7-4-12(2)20-14;/h4,7,13H,3,5-6,8-11H2,1-2H3,(H2,16,17,18);1H. The van der Waals surface area contributed by atoms with Crippen LogP contribution in [-0.4, -0.2) is 32.3 Å². The Balaban J connectivity index is 0.00000220. The average Bonchev–Trinajstić information content (AvgIpc) is 3.17. The van der Waals surface area contributed by atoms with Gasteiger partial charge in [-0.25, -0.2) is 4.99 Å². The lowest BCUT2D eigenvalue weighted by atomic mass is 10.4. The van der Waals surface area contributed by atoms with E-state index >= 15 is 0 Å². The fourth-order valence-electron chi connectivity index (χ4n) is 1.84. The number of aliphatic imine (C=N–C) groups is 1. The Morgan fingerprint density at radius 3 is 2.81 bits per heavy atom. The van der Waals surface area contributed by atoms with Crippen molar-refractivity contribution < 1.29 is 4.74 Å². The normalized spacial score (nSPS) is 14.7. The molecule has 0 saturated heterocycles. The van der Waals surface area contributed by atoms with Crippen LogP contribution in [0, 0.1) is 12.8 Å². The number of hydrogen-bond donors (Lipinski definition) is 2. The first-order valence-electron chi connectivity index (χ1n) is 7.43. The topological polar surface area (TPSA) is 45.7 Å². The largest absolute Gasteiger partial charge is 0.379 e. The van der Waals surface area contributed by atoms with Crippen LogP contribution in [0.3, 0.4) is 0 Å². The Kier molecular flexibility index (Phi) is 9.26. The molecule has 1 saturated carbocycles. The molecule has 0 atom stereocenters. The first kappa shape index (κ1) is 18.7. The molecule has 0 aliphatic heterocycles. The van der Waals surface area contributed by atoms with Crippen LogP contribution < -0.4 is 10.6 Å². The maximum absolute atomic E-state index is 5.61. The van der Waals surface area contributed by atoms with E-state index in [0.29, 0.717) is 0 Å². The number of aryl methyl sites for hydroxylation is 1. The Morgan fingerprint density at radius 1 is 1.38 bits per heavy atom. The minimum Gasteiger partial charge on any atom is -0.379 e. The van der Waals surface area contributed by atoms with Gasteiger partial charge in [0.2, 0.25) is 0 Å². The van der Waals surface area contributed by atoms with Gasteiger partial charge in [-0.1, -0.05) is 0 Å². The van der Waals surface area contributed by atoms with Crippen LogP contribution in [0.2, 0.25) is 0 Å². The zero-order valence-electron chi connectivity index (χ0n) is 12.9. The van der Waals surface area contributed by atoms with E-state index in [1.54, 1.807) is 11.3 Å². The summed E-state index contributed by atoms with van der Waals surface area (Å²) in [7, 11) is 0. The molecule has 1 aromatic rings. The predicted octanol–water partition coefficient (Wildman–Crippen LogP) is 3.16. The molecule has 0 spiro atoms. The predicted molar refractivity (Wildman–Crippen MR) is 101 cm³/mol. The van der Waals surface area contributed by atoms with Crippen molar-refractivity contribution in [3.63, 3.8) is 0 Å². The molecule has 0 amide bonds. The summed E-state index contributed by atoms with van der Waals surface area (Å²) in [5.41, 5.74) is 0. The summed E-state index contributed by atoms with van der Waals surface area (Å²) in [6, 6.07) is 4.29. The monoisotopic (exact) mass is 423 g/mol. The SMILES string of the molecule is CCNC(=NCc1ccc(C)s1)NCCOCC1CC1.I. The summed E-state index contributed by atoms with van der Waals surface area (Å²) in [6.45, 7) is 8.29. The fourth-order valence-corrected chi connectivity index (χ4v) is 2.66. The quantitative estimate of drug-likeness (QED) is 0.292. The molecule has 2 N–H and O–H groups in total. The summed E-state index contributed by atoms with van der Waals surface area (Å²) in [4.78, 5) is 7.22. The van der Waals surface area contributed by atoms with Crippen molar-refractivity contribution in [3.8, 4) is 0 Å². The van der Waals surface area contributed by atoms with Gasteiger partial charge in [0.25, 0.3) is 0 Å². The number of nitrogens with one attached hydrogen (secondary N) is 2. The molecular formula is C15H26IN3OS. The smallest absolute Gasteiger partial charge is 0.191 e. The van der Waals surface area contributed by atoms with Crippen LogP contribution in [0.1, 0.15) is 29.5 Å². The van der Waals surface area contributed by atoms with Crippen LogP contribution in [0.25, 0.3) is 0 Å². The van der Waals surface area contributed by atoms with Gasteiger partial charge in [0.15, 0.2) is 5.96 Å². The minimum atomic E-state index is 0. The molecule has 1 fully saturated rings. The molecule has 120 valence electrons. The Bertz CT molecular complexity index is 432. The first-order chi connectivity index (χ1) is 9.78. The molecule has 1 aromatic heterocycles. The van der Waals surface area contributed by atoms with E-state index in [9.17, 15) is 0 Å². The summed E-state index contributed by atoms with van der Waals surface area (Å²) in [5, 5.41) is 6.57. The molecular weight excluding hydrogens is 397 g/mol. The number of rotatable bonds is 8. The third kappa shape index (κ3) is 8.01. The molecule has 0 aromatic carbocycles. The van der Waals surface area contributed by atoms with Crippen molar-refractivity contribution in [2.24, 2.45) is 10.9 Å². The molecule has 1 heterocycles. The van der Waals surface area contributed by atoms with E-state index in [2.05, 4.69) is 41.6 Å². The van der Waals surface area contributed by atoms with Gasteiger partial charge < -0.3 is 15.4 Å². The highest BCUT2D eigenvalue weighted by Crippen LogP contribution is 2.28. The molecule has 4 nitrogen and oxygen atoms in total. The van der Waals surface area contributed by atoms with E-state index in [-0.39, 0.29) is 24.0 Å². The van der Waals surface area contributed by atoms with Crippen LogP contribution in [0.5, 0.6) is 0 Å². The first-order valence-corrected chi connectivity index (χ1v) is 8.25. The highest BCUT2D eigenvalue weighted by Gasteiger charge is 2.20. The van der Waals surface area contributed by atoms with Gasteiger partial charge in [0.05, 0.1) is 13.2 Å². The van der Waals surface area contributed by atoms with Crippen LogP contribution in [0.4, 0.5) is 0 Å². The average molecular weight is 423 g/mol. The third-order valence-electron chi connectivity index (χ3n) is 3.12. The maximum atomic E-state index is 5.61. The van der Waals surface area contributed by atoms with Gasteiger partial charge in [-0.3, -0.25) is 0 Å². The van der Waals surface area contributed by atoms with Crippen molar-refractivity contribution >= 4 is 41.3 Å². The van der Waals surface area contributed by atoms with Gasteiger partial charge in [-0.15, -0.1) is 35.3 Å². The van der Waals surface area contributed by atoms with Crippen molar-refractivity contribution in [2.45, 2.75) is 33.2 Å². The van der Waals surface area contributed by atoms with E-state index in [0.717, 1.165) is 44.7 Å². The highest BCUT2D eigenvalue weighted by atomic mass is 127. The summed E-state index contributed by atoms with van der Waals surface area (Å²) in [5.74, 6) is 1.70. The second-order valence-corrected chi connectivity index (χ2v) is 6.53. The van der Waals surface area contributed by atoms with Crippen molar-refractivity contribution in [1.29, 1.82) is 0 Å². The number of ether oxygens (including phenoxy) is 1. The summed E-state index contributed by atoms with van der Waals surface area (Å²) < 4.78 is 5.61. The lowest BCUT2D eigenvalue weighted by Gasteiger charge is -2.11. The fraction of sp³-hybridized carbons (Fsp3) is 0.667. The molecule has 0 unspecified atom stereocenters. The number of halogens is 1. The van der Waals surface area contributed by atoms with Gasteiger partial charge in [0.1, 0.15) is 0 Å². The van der Waals surface area contributed by atoms with Gasteiger partial charge in [-0.2, -0.15) is 0 Å².